The number of aryl methyl sites for hydroxylation is 1. The van der Waals surface area contributed by atoms with Crippen molar-refractivity contribution in [2.75, 3.05) is 19.6 Å². The molecule has 5 heteroatoms. The number of rotatable bonds is 5. The highest BCUT2D eigenvalue weighted by atomic mass is 35.5. The van der Waals surface area contributed by atoms with Crippen LogP contribution in [0.2, 0.25) is 0 Å². The fourth-order valence-corrected chi connectivity index (χ4v) is 2.76. The lowest BCUT2D eigenvalue weighted by atomic mass is 10.0. The zero-order chi connectivity index (χ0) is 12.4. The van der Waals surface area contributed by atoms with Crippen molar-refractivity contribution in [2.24, 2.45) is 13.0 Å². The van der Waals surface area contributed by atoms with E-state index in [4.69, 9.17) is 0 Å². The van der Waals surface area contributed by atoms with E-state index in [1.165, 1.54) is 50.9 Å². The zero-order valence-electron chi connectivity index (χ0n) is 11.7. The molecule has 2 fully saturated rings. The van der Waals surface area contributed by atoms with Gasteiger partial charge in [0, 0.05) is 31.4 Å². The third-order valence-corrected chi connectivity index (χ3v) is 4.14. The second kappa shape index (κ2) is 6.73. The van der Waals surface area contributed by atoms with Crippen LogP contribution in [0.5, 0.6) is 0 Å². The van der Waals surface area contributed by atoms with Crippen molar-refractivity contribution in [3.8, 4) is 0 Å². The second-order valence-corrected chi connectivity index (χ2v) is 5.92. The molecule has 0 radical (unpaired) electrons. The number of hydrogen-bond acceptors (Lipinski definition) is 3. The summed E-state index contributed by atoms with van der Waals surface area (Å²) < 4.78 is 1.89. The summed E-state index contributed by atoms with van der Waals surface area (Å²) in [6.45, 7) is 4.75. The lowest BCUT2D eigenvalue weighted by Crippen LogP contribution is -2.42. The molecule has 19 heavy (non-hydrogen) atoms. The summed E-state index contributed by atoms with van der Waals surface area (Å²) >= 11 is 0. The van der Waals surface area contributed by atoms with E-state index in [1.807, 2.05) is 17.9 Å². The molecule has 1 aromatic heterocycles. The molecule has 0 atom stereocenters. The normalized spacial score (nSPS) is 21.3. The van der Waals surface area contributed by atoms with Crippen LogP contribution >= 0.6 is 12.4 Å². The fraction of sp³-hybridized carbons (Fsp3) is 0.786. The summed E-state index contributed by atoms with van der Waals surface area (Å²) in [7, 11) is 1.98. The molecule has 0 amide bonds. The van der Waals surface area contributed by atoms with Gasteiger partial charge >= 0.3 is 0 Å². The van der Waals surface area contributed by atoms with Crippen molar-refractivity contribution in [1.82, 2.24) is 20.0 Å². The van der Waals surface area contributed by atoms with Gasteiger partial charge < -0.3 is 5.32 Å². The Balaban J connectivity index is 0.00000133. The van der Waals surface area contributed by atoms with Crippen LogP contribution in [0.4, 0.5) is 0 Å². The highest BCUT2D eigenvalue weighted by molar-refractivity contribution is 5.85. The number of nitrogens with one attached hydrogen (secondary N) is 1. The molecule has 0 aromatic carbocycles. The topological polar surface area (TPSA) is 33.1 Å². The summed E-state index contributed by atoms with van der Waals surface area (Å²) in [6.07, 6.45) is 9.61. The SMILES string of the molecule is Cl.Cn1cc(CN2CCC(NCC3CC3)CC2)cn1. The number of nitrogens with zero attached hydrogens (tertiary/aromatic N) is 3. The van der Waals surface area contributed by atoms with Crippen LogP contribution in [0.3, 0.4) is 0 Å². The van der Waals surface area contributed by atoms with Gasteiger partial charge in [0.05, 0.1) is 6.20 Å². The van der Waals surface area contributed by atoms with E-state index in [0.29, 0.717) is 0 Å². The number of aromatic nitrogens is 2. The Hall–Kier alpha value is -0.580. The summed E-state index contributed by atoms with van der Waals surface area (Å²) in [6, 6.07) is 0.760. The Labute approximate surface area is 122 Å². The molecule has 1 aliphatic carbocycles. The van der Waals surface area contributed by atoms with Crippen LogP contribution in [0.1, 0.15) is 31.2 Å². The van der Waals surface area contributed by atoms with Crippen LogP contribution in [0.25, 0.3) is 0 Å². The van der Waals surface area contributed by atoms with E-state index < -0.39 is 0 Å². The fourth-order valence-electron chi connectivity index (χ4n) is 2.76. The van der Waals surface area contributed by atoms with Crippen molar-refractivity contribution in [3.05, 3.63) is 18.0 Å². The van der Waals surface area contributed by atoms with E-state index in [1.54, 1.807) is 0 Å². The second-order valence-electron chi connectivity index (χ2n) is 5.92. The highest BCUT2D eigenvalue weighted by Crippen LogP contribution is 2.28. The molecule has 4 nitrogen and oxygen atoms in total. The molecule has 1 saturated carbocycles. The Kier molecular flexibility index (Phi) is 5.25. The van der Waals surface area contributed by atoms with Gasteiger partial charge in [0.25, 0.3) is 0 Å². The molecular weight excluding hydrogens is 260 g/mol. The lowest BCUT2D eigenvalue weighted by Gasteiger charge is -2.32. The average molecular weight is 285 g/mol. The van der Waals surface area contributed by atoms with E-state index in [-0.39, 0.29) is 12.4 Å². The Bertz CT molecular complexity index is 381. The van der Waals surface area contributed by atoms with Gasteiger partial charge in [0.15, 0.2) is 0 Å². The van der Waals surface area contributed by atoms with E-state index >= 15 is 0 Å². The largest absolute Gasteiger partial charge is 0.314 e. The van der Waals surface area contributed by atoms with Gasteiger partial charge in [-0.15, -0.1) is 12.4 Å². The van der Waals surface area contributed by atoms with Crippen molar-refractivity contribution >= 4 is 12.4 Å². The van der Waals surface area contributed by atoms with Crippen molar-refractivity contribution in [2.45, 2.75) is 38.3 Å². The van der Waals surface area contributed by atoms with Gasteiger partial charge in [-0.3, -0.25) is 9.58 Å². The third-order valence-electron chi connectivity index (χ3n) is 4.14. The Morgan fingerprint density at radius 1 is 1.26 bits per heavy atom. The molecule has 108 valence electrons. The number of hydrogen-bond donors (Lipinski definition) is 1. The van der Waals surface area contributed by atoms with Crippen molar-refractivity contribution in [3.63, 3.8) is 0 Å². The predicted octanol–water partition coefficient (Wildman–Crippen LogP) is 1.81. The summed E-state index contributed by atoms with van der Waals surface area (Å²) in [5, 5.41) is 7.96. The van der Waals surface area contributed by atoms with Gasteiger partial charge in [-0.1, -0.05) is 0 Å². The number of halogens is 1. The van der Waals surface area contributed by atoms with Crippen molar-refractivity contribution < 1.29 is 0 Å². The van der Waals surface area contributed by atoms with Crippen LogP contribution in [0, 0.1) is 5.92 Å². The molecule has 0 unspecified atom stereocenters. The maximum Gasteiger partial charge on any atom is 0.0534 e. The maximum atomic E-state index is 4.23. The molecular formula is C14H25ClN4. The lowest BCUT2D eigenvalue weighted by molar-refractivity contribution is 0.190. The van der Waals surface area contributed by atoms with Gasteiger partial charge in [-0.05, 0) is 51.2 Å². The first kappa shape index (κ1) is 14.8. The summed E-state index contributed by atoms with van der Waals surface area (Å²) in [5.41, 5.74) is 1.34. The first-order valence-corrected chi connectivity index (χ1v) is 7.23. The van der Waals surface area contributed by atoms with E-state index in [0.717, 1.165) is 18.5 Å². The molecule has 2 heterocycles. The molecule has 1 N–H and O–H groups in total. The quantitative estimate of drug-likeness (QED) is 0.895. The maximum absolute atomic E-state index is 4.23. The first-order chi connectivity index (χ1) is 8.79. The molecule has 0 bridgehead atoms. The molecule has 1 aromatic rings. The van der Waals surface area contributed by atoms with Crippen molar-refractivity contribution in [1.29, 1.82) is 0 Å². The zero-order valence-corrected chi connectivity index (χ0v) is 12.5. The van der Waals surface area contributed by atoms with E-state index in [9.17, 15) is 0 Å². The van der Waals surface area contributed by atoms with Crippen LogP contribution < -0.4 is 5.32 Å². The average Bonchev–Trinajstić information content (AvgIpc) is 3.12. The molecule has 2 aliphatic rings. The summed E-state index contributed by atoms with van der Waals surface area (Å²) in [5.74, 6) is 0.999. The Morgan fingerprint density at radius 2 is 2.00 bits per heavy atom. The van der Waals surface area contributed by atoms with E-state index in [2.05, 4.69) is 21.5 Å². The van der Waals surface area contributed by atoms with Crippen LogP contribution in [-0.2, 0) is 13.6 Å². The van der Waals surface area contributed by atoms with Gasteiger partial charge in [-0.2, -0.15) is 5.10 Å². The minimum atomic E-state index is 0. The number of piperidine rings is 1. The molecule has 1 saturated heterocycles. The predicted molar refractivity (Wildman–Crippen MR) is 79.5 cm³/mol. The smallest absolute Gasteiger partial charge is 0.0534 e. The Morgan fingerprint density at radius 3 is 2.58 bits per heavy atom. The van der Waals surface area contributed by atoms with Crippen LogP contribution in [-0.4, -0.2) is 40.4 Å². The monoisotopic (exact) mass is 284 g/mol. The van der Waals surface area contributed by atoms with Gasteiger partial charge in [0.2, 0.25) is 0 Å². The minimum Gasteiger partial charge on any atom is -0.314 e. The highest BCUT2D eigenvalue weighted by Gasteiger charge is 2.24. The summed E-state index contributed by atoms with van der Waals surface area (Å²) in [4.78, 5) is 2.55. The number of likely N-dealkylation sites (tertiary alicyclic amines) is 1. The van der Waals surface area contributed by atoms with Gasteiger partial charge in [0.1, 0.15) is 0 Å². The molecule has 3 rings (SSSR count). The molecule has 0 spiro atoms. The minimum absolute atomic E-state index is 0. The van der Waals surface area contributed by atoms with Gasteiger partial charge in [-0.25, -0.2) is 0 Å². The molecule has 1 aliphatic heterocycles. The first-order valence-electron chi connectivity index (χ1n) is 7.23. The standard InChI is InChI=1S/C14H24N4.ClH/c1-17-10-13(9-16-17)11-18-6-4-14(5-7-18)15-8-12-2-3-12;/h9-10,12,14-15H,2-8,11H2,1H3;1H. The van der Waals surface area contributed by atoms with Crippen LogP contribution in [0.15, 0.2) is 12.4 Å². The third kappa shape index (κ3) is 4.48.